The van der Waals surface area contributed by atoms with E-state index in [-0.39, 0.29) is 12.0 Å². The van der Waals surface area contributed by atoms with Gasteiger partial charge >= 0.3 is 12.1 Å². The van der Waals surface area contributed by atoms with Crippen LogP contribution in [0.15, 0.2) is 48.5 Å². The molecule has 138 valence electrons. The van der Waals surface area contributed by atoms with Gasteiger partial charge in [0.15, 0.2) is 0 Å². The van der Waals surface area contributed by atoms with E-state index in [1.54, 1.807) is 0 Å². The smallest absolute Gasteiger partial charge is 0.417 e. The van der Waals surface area contributed by atoms with Crippen molar-refractivity contribution in [2.24, 2.45) is 0 Å². The predicted octanol–water partition coefficient (Wildman–Crippen LogP) is 3.36. The van der Waals surface area contributed by atoms with E-state index in [1.807, 2.05) is 0 Å². The minimum atomic E-state index is -4.74. The zero-order valence-electron chi connectivity index (χ0n) is 13.6. The number of benzene rings is 2. The number of alkyl halides is 3. The first-order chi connectivity index (χ1) is 12.2. The fraction of sp³-hybridized carbons (Fsp3) is 0.222. The minimum absolute atomic E-state index is 0.118. The zero-order chi connectivity index (χ0) is 19.3. The van der Waals surface area contributed by atoms with Gasteiger partial charge in [0.05, 0.1) is 18.2 Å². The van der Waals surface area contributed by atoms with Crippen molar-refractivity contribution in [2.75, 3.05) is 7.11 Å². The topological polar surface area (TPSA) is 55.4 Å². The van der Waals surface area contributed by atoms with Crippen molar-refractivity contribution >= 4 is 11.9 Å². The van der Waals surface area contributed by atoms with Crippen LogP contribution in [0.25, 0.3) is 0 Å². The van der Waals surface area contributed by atoms with E-state index in [9.17, 15) is 27.2 Å². The summed E-state index contributed by atoms with van der Waals surface area (Å²) in [6, 6.07) is 8.40. The number of halogens is 4. The number of carbonyl (C=O) groups is 2. The number of esters is 1. The normalized spacial score (nSPS) is 12.3. The molecule has 2 rings (SSSR count). The second kappa shape index (κ2) is 7.99. The molecule has 0 fully saturated rings. The highest BCUT2D eigenvalue weighted by Crippen LogP contribution is 2.31. The first-order valence-corrected chi connectivity index (χ1v) is 7.52. The third-order valence-corrected chi connectivity index (χ3v) is 3.65. The second-order valence-corrected chi connectivity index (χ2v) is 5.39. The maximum absolute atomic E-state index is 13.8. The Morgan fingerprint density at radius 2 is 1.69 bits per heavy atom. The van der Waals surface area contributed by atoms with Crippen molar-refractivity contribution in [1.82, 2.24) is 5.32 Å². The molecular formula is C18H15F4NO3. The maximum Gasteiger partial charge on any atom is 0.417 e. The van der Waals surface area contributed by atoms with Crippen molar-refractivity contribution in [3.63, 3.8) is 0 Å². The Morgan fingerprint density at radius 1 is 1.08 bits per heavy atom. The van der Waals surface area contributed by atoms with Crippen molar-refractivity contribution in [3.8, 4) is 0 Å². The largest absolute Gasteiger partial charge is 0.467 e. The van der Waals surface area contributed by atoms with Gasteiger partial charge < -0.3 is 10.1 Å². The molecule has 4 nitrogen and oxygen atoms in total. The summed E-state index contributed by atoms with van der Waals surface area (Å²) in [5.74, 6) is -2.61. The number of ether oxygens (including phenoxy) is 1. The molecule has 0 heterocycles. The lowest BCUT2D eigenvalue weighted by Crippen LogP contribution is -2.43. The highest BCUT2D eigenvalue weighted by Gasteiger charge is 2.35. The van der Waals surface area contributed by atoms with Crippen molar-refractivity contribution in [2.45, 2.75) is 18.6 Å². The highest BCUT2D eigenvalue weighted by molar-refractivity contribution is 5.98. The van der Waals surface area contributed by atoms with Crippen LogP contribution < -0.4 is 5.32 Å². The first-order valence-electron chi connectivity index (χ1n) is 7.52. The summed E-state index contributed by atoms with van der Waals surface area (Å²) >= 11 is 0. The SMILES string of the molecule is COC(=O)[C@H](Cc1ccccc1F)NC(=O)c1ccccc1C(F)(F)F. The summed E-state index contributed by atoms with van der Waals surface area (Å²) in [6.07, 6.45) is -5.00. The van der Waals surface area contributed by atoms with Crippen molar-refractivity contribution in [3.05, 3.63) is 71.0 Å². The molecule has 0 bridgehead atoms. The molecule has 0 spiro atoms. The van der Waals surface area contributed by atoms with E-state index in [4.69, 9.17) is 0 Å². The fourth-order valence-corrected chi connectivity index (χ4v) is 2.38. The number of amides is 1. The van der Waals surface area contributed by atoms with Crippen LogP contribution in [0.3, 0.4) is 0 Å². The van der Waals surface area contributed by atoms with Gasteiger partial charge in [-0.05, 0) is 23.8 Å². The van der Waals surface area contributed by atoms with Crippen LogP contribution in [0.2, 0.25) is 0 Å². The fourth-order valence-electron chi connectivity index (χ4n) is 2.38. The molecule has 0 aliphatic heterocycles. The average Bonchev–Trinajstić information content (AvgIpc) is 2.61. The molecule has 1 N–H and O–H groups in total. The third-order valence-electron chi connectivity index (χ3n) is 3.65. The van der Waals surface area contributed by atoms with Crippen LogP contribution in [0.4, 0.5) is 17.6 Å². The molecule has 2 aromatic carbocycles. The van der Waals surface area contributed by atoms with Gasteiger partial charge in [-0.25, -0.2) is 9.18 Å². The Hall–Kier alpha value is -2.90. The number of carbonyl (C=O) groups excluding carboxylic acids is 2. The number of rotatable bonds is 5. The molecule has 0 radical (unpaired) electrons. The molecule has 0 saturated carbocycles. The Balaban J connectivity index is 2.28. The monoisotopic (exact) mass is 369 g/mol. The lowest BCUT2D eigenvalue weighted by Gasteiger charge is -2.18. The summed E-state index contributed by atoms with van der Waals surface area (Å²) in [5, 5.41) is 2.19. The Bertz CT molecular complexity index is 805. The van der Waals surface area contributed by atoms with E-state index in [0.29, 0.717) is 0 Å². The second-order valence-electron chi connectivity index (χ2n) is 5.39. The lowest BCUT2D eigenvalue weighted by atomic mass is 10.0. The van der Waals surface area contributed by atoms with E-state index in [1.165, 1.54) is 30.3 Å². The summed E-state index contributed by atoms with van der Waals surface area (Å²) < 4.78 is 57.5. The molecule has 1 atom stereocenters. The number of hydrogen-bond donors (Lipinski definition) is 1. The van der Waals surface area contributed by atoms with Gasteiger partial charge in [0.25, 0.3) is 5.91 Å². The number of nitrogens with one attached hydrogen (secondary N) is 1. The van der Waals surface area contributed by atoms with Crippen LogP contribution in [0, 0.1) is 5.82 Å². The van der Waals surface area contributed by atoms with Gasteiger partial charge in [0.1, 0.15) is 11.9 Å². The summed E-state index contributed by atoms with van der Waals surface area (Å²) in [6.45, 7) is 0. The maximum atomic E-state index is 13.8. The molecule has 2 aromatic rings. The standard InChI is InChI=1S/C18H15F4NO3/c1-26-17(25)15(10-11-6-2-5-9-14(11)19)23-16(24)12-7-3-4-8-13(12)18(20,21)22/h2-9,15H,10H2,1H3,(H,23,24)/t15-/m0/s1. The van der Waals surface area contributed by atoms with Crippen LogP contribution in [-0.2, 0) is 22.1 Å². The van der Waals surface area contributed by atoms with Gasteiger partial charge in [-0.2, -0.15) is 13.2 Å². The van der Waals surface area contributed by atoms with Crippen LogP contribution in [0.1, 0.15) is 21.5 Å². The summed E-state index contributed by atoms with van der Waals surface area (Å²) in [4.78, 5) is 24.2. The van der Waals surface area contributed by atoms with Crippen LogP contribution in [0.5, 0.6) is 0 Å². The molecule has 0 aromatic heterocycles. The van der Waals surface area contributed by atoms with Gasteiger partial charge in [-0.15, -0.1) is 0 Å². The van der Waals surface area contributed by atoms with Crippen molar-refractivity contribution < 1.29 is 31.9 Å². The molecule has 0 aliphatic carbocycles. The third kappa shape index (κ3) is 4.59. The molecule has 8 heteroatoms. The molecule has 0 saturated heterocycles. The quantitative estimate of drug-likeness (QED) is 0.650. The van der Waals surface area contributed by atoms with Gasteiger partial charge in [-0.1, -0.05) is 30.3 Å². The number of hydrogen-bond acceptors (Lipinski definition) is 3. The van der Waals surface area contributed by atoms with Crippen molar-refractivity contribution in [1.29, 1.82) is 0 Å². The lowest BCUT2D eigenvalue weighted by molar-refractivity contribution is -0.142. The molecule has 0 aliphatic rings. The highest BCUT2D eigenvalue weighted by atomic mass is 19.4. The molecule has 26 heavy (non-hydrogen) atoms. The van der Waals surface area contributed by atoms with Gasteiger partial charge in [0.2, 0.25) is 0 Å². The van der Waals surface area contributed by atoms with E-state index in [2.05, 4.69) is 10.1 Å². The van der Waals surface area contributed by atoms with Crippen LogP contribution >= 0.6 is 0 Å². The first kappa shape index (κ1) is 19.4. The molecule has 0 unspecified atom stereocenters. The Morgan fingerprint density at radius 3 is 2.31 bits per heavy atom. The Kier molecular flexibility index (Phi) is 5.97. The minimum Gasteiger partial charge on any atom is -0.467 e. The van der Waals surface area contributed by atoms with E-state index >= 15 is 0 Å². The predicted molar refractivity (Wildman–Crippen MR) is 84.8 cm³/mol. The van der Waals surface area contributed by atoms with E-state index < -0.39 is 41.0 Å². The van der Waals surface area contributed by atoms with Gasteiger partial charge in [0, 0.05) is 6.42 Å². The zero-order valence-corrected chi connectivity index (χ0v) is 13.6. The Labute approximate surface area is 146 Å². The summed E-state index contributed by atoms with van der Waals surface area (Å²) in [5.41, 5.74) is -1.65. The van der Waals surface area contributed by atoms with E-state index in [0.717, 1.165) is 25.3 Å². The van der Waals surface area contributed by atoms with Crippen LogP contribution in [-0.4, -0.2) is 25.0 Å². The van der Waals surface area contributed by atoms with Gasteiger partial charge in [-0.3, -0.25) is 4.79 Å². The molecular weight excluding hydrogens is 354 g/mol. The number of methoxy groups -OCH3 is 1. The molecule has 1 amide bonds. The average molecular weight is 369 g/mol. The summed E-state index contributed by atoms with van der Waals surface area (Å²) in [7, 11) is 1.06.